The van der Waals surface area contributed by atoms with E-state index >= 15 is 0 Å². The third-order valence-electron chi connectivity index (χ3n) is 5.59. The Hall–Kier alpha value is -2.95. The van der Waals surface area contributed by atoms with Gasteiger partial charge in [0.2, 0.25) is 0 Å². The predicted octanol–water partition coefficient (Wildman–Crippen LogP) is 4.96. The van der Waals surface area contributed by atoms with Crippen molar-refractivity contribution in [3.63, 3.8) is 0 Å². The van der Waals surface area contributed by atoms with Gasteiger partial charge in [-0.15, -0.1) is 0 Å². The molecular weight excluding hydrogens is 398 g/mol. The van der Waals surface area contributed by atoms with Crippen molar-refractivity contribution in [2.24, 2.45) is 0 Å². The number of fused-ring (bicyclic) bond motifs is 1. The number of aryl methyl sites for hydroxylation is 2. The van der Waals surface area contributed by atoms with Crippen LogP contribution < -0.4 is 4.90 Å². The van der Waals surface area contributed by atoms with Gasteiger partial charge in [0.05, 0.1) is 18.7 Å². The second-order valence-electron chi connectivity index (χ2n) is 7.81. The van der Waals surface area contributed by atoms with Crippen molar-refractivity contribution in [1.82, 2.24) is 0 Å². The van der Waals surface area contributed by atoms with Crippen LogP contribution >= 0.6 is 11.6 Å². The average molecular weight is 420 g/mol. The number of ketones is 1. The van der Waals surface area contributed by atoms with E-state index in [0.717, 1.165) is 16.7 Å². The van der Waals surface area contributed by atoms with Crippen molar-refractivity contribution >= 4 is 29.0 Å². The maximum atomic E-state index is 13.4. The molecule has 1 N–H and O–H groups in total. The lowest BCUT2D eigenvalue weighted by molar-refractivity contribution is -0.136. The topological polar surface area (TPSA) is 57.6 Å². The normalized spacial score (nSPS) is 17.9. The van der Waals surface area contributed by atoms with Crippen LogP contribution in [0.3, 0.4) is 0 Å². The van der Waals surface area contributed by atoms with Gasteiger partial charge in [0.25, 0.3) is 5.91 Å². The highest BCUT2D eigenvalue weighted by molar-refractivity contribution is 6.30. The van der Waals surface area contributed by atoms with E-state index in [1.54, 1.807) is 36.4 Å². The molecule has 0 saturated heterocycles. The number of anilines is 1. The van der Waals surface area contributed by atoms with E-state index in [2.05, 4.69) is 0 Å². The van der Waals surface area contributed by atoms with Gasteiger partial charge in [0.1, 0.15) is 0 Å². The van der Waals surface area contributed by atoms with E-state index in [9.17, 15) is 14.7 Å². The van der Waals surface area contributed by atoms with Gasteiger partial charge < -0.3 is 10.0 Å². The molecule has 1 aliphatic heterocycles. The molecule has 1 amide bonds. The van der Waals surface area contributed by atoms with Gasteiger partial charge in [-0.05, 0) is 43.2 Å². The minimum absolute atomic E-state index is 0.258. The number of nitrogens with zero attached hydrogens (tertiary/aromatic N) is 1. The molecule has 0 radical (unpaired) electrons. The summed E-state index contributed by atoms with van der Waals surface area (Å²) in [6, 6.07) is 19.9. The Morgan fingerprint density at radius 2 is 1.73 bits per heavy atom. The first-order valence-corrected chi connectivity index (χ1v) is 10.2. The monoisotopic (exact) mass is 419 g/mol. The molecule has 1 atom stereocenters. The molecule has 3 aromatic rings. The van der Waals surface area contributed by atoms with Crippen molar-refractivity contribution in [1.29, 1.82) is 0 Å². The molecule has 0 aliphatic carbocycles. The molecule has 0 spiro atoms. The Labute approximate surface area is 180 Å². The van der Waals surface area contributed by atoms with E-state index < -0.39 is 11.5 Å². The van der Waals surface area contributed by atoms with Crippen molar-refractivity contribution in [2.45, 2.75) is 32.4 Å². The summed E-state index contributed by atoms with van der Waals surface area (Å²) in [4.78, 5) is 27.9. The van der Waals surface area contributed by atoms with Gasteiger partial charge in [-0.25, -0.2) is 0 Å². The number of aliphatic hydroxyl groups is 1. The number of benzene rings is 3. The third-order valence-corrected chi connectivity index (χ3v) is 5.84. The summed E-state index contributed by atoms with van der Waals surface area (Å²) in [5, 5.41) is 12.1. The summed E-state index contributed by atoms with van der Waals surface area (Å²) in [7, 11) is 0. The minimum atomic E-state index is -1.89. The summed E-state index contributed by atoms with van der Waals surface area (Å²) in [5.74, 6) is -0.747. The van der Waals surface area contributed by atoms with Crippen molar-refractivity contribution in [3.8, 4) is 0 Å². The highest BCUT2D eigenvalue weighted by Crippen LogP contribution is 2.43. The van der Waals surface area contributed by atoms with Crippen molar-refractivity contribution < 1.29 is 14.7 Å². The number of carbonyl (C=O) groups excluding carboxylic acids is 2. The zero-order valence-electron chi connectivity index (χ0n) is 16.9. The molecule has 1 heterocycles. The maximum Gasteiger partial charge on any atom is 0.264 e. The highest BCUT2D eigenvalue weighted by Gasteiger charge is 2.50. The first-order chi connectivity index (χ1) is 14.3. The van der Waals surface area contributed by atoms with Crippen LogP contribution in [0.4, 0.5) is 5.69 Å². The van der Waals surface area contributed by atoms with Gasteiger partial charge in [-0.1, -0.05) is 65.7 Å². The molecule has 0 aromatic heterocycles. The fourth-order valence-corrected chi connectivity index (χ4v) is 4.19. The molecule has 4 nitrogen and oxygen atoms in total. The second kappa shape index (κ2) is 7.71. The van der Waals surface area contributed by atoms with E-state index in [4.69, 9.17) is 11.6 Å². The molecule has 30 heavy (non-hydrogen) atoms. The van der Waals surface area contributed by atoms with Crippen LogP contribution in [-0.4, -0.2) is 16.8 Å². The Balaban J connectivity index is 1.68. The standard InChI is InChI=1S/C25H22ClNO3/c1-16-7-12-20(17(2)13-16)23(28)14-25(30)21-5-3-4-6-22(21)27(24(25)29)15-18-8-10-19(26)11-9-18/h3-13,30H,14-15H2,1-2H3/t25-/m0/s1. The lowest BCUT2D eigenvalue weighted by Crippen LogP contribution is -2.41. The van der Waals surface area contributed by atoms with E-state index in [1.165, 1.54) is 4.90 Å². The Morgan fingerprint density at radius 1 is 1.03 bits per heavy atom. The fourth-order valence-electron chi connectivity index (χ4n) is 4.06. The lowest BCUT2D eigenvalue weighted by Gasteiger charge is -2.23. The average Bonchev–Trinajstić information content (AvgIpc) is 2.91. The first kappa shape index (κ1) is 20.3. The van der Waals surface area contributed by atoms with Crippen LogP contribution in [0.2, 0.25) is 5.02 Å². The summed E-state index contributed by atoms with van der Waals surface area (Å²) in [6.07, 6.45) is -0.302. The first-order valence-electron chi connectivity index (χ1n) is 9.78. The molecule has 0 bridgehead atoms. The minimum Gasteiger partial charge on any atom is -0.375 e. The summed E-state index contributed by atoms with van der Waals surface area (Å²) in [5.41, 5.74) is 2.48. The van der Waals surface area contributed by atoms with Crippen LogP contribution in [0.15, 0.2) is 66.7 Å². The van der Waals surface area contributed by atoms with Crippen molar-refractivity contribution in [3.05, 3.63) is 99.6 Å². The highest BCUT2D eigenvalue weighted by atomic mass is 35.5. The number of para-hydroxylation sites is 1. The largest absolute Gasteiger partial charge is 0.375 e. The third kappa shape index (κ3) is 3.53. The number of hydrogen-bond acceptors (Lipinski definition) is 3. The SMILES string of the molecule is Cc1ccc(C(=O)C[C@@]2(O)C(=O)N(Cc3ccc(Cl)cc3)c3ccccc32)c(C)c1. The molecule has 0 fully saturated rings. The van der Waals surface area contributed by atoms with Gasteiger partial charge in [-0.2, -0.15) is 0 Å². The molecule has 0 unspecified atom stereocenters. The number of hydrogen-bond donors (Lipinski definition) is 1. The molecule has 4 rings (SSSR count). The summed E-state index contributed by atoms with van der Waals surface area (Å²) in [6.45, 7) is 4.11. The van der Waals surface area contributed by atoms with Crippen molar-refractivity contribution in [2.75, 3.05) is 4.90 Å². The number of carbonyl (C=O) groups is 2. The van der Waals surface area contributed by atoms with Gasteiger partial charge >= 0.3 is 0 Å². The quantitative estimate of drug-likeness (QED) is 0.594. The van der Waals surface area contributed by atoms with Crippen LogP contribution in [0, 0.1) is 13.8 Å². The van der Waals surface area contributed by atoms with Gasteiger partial charge in [-0.3, -0.25) is 9.59 Å². The molecule has 152 valence electrons. The molecule has 3 aromatic carbocycles. The van der Waals surface area contributed by atoms with E-state index in [1.807, 2.05) is 44.2 Å². The van der Waals surface area contributed by atoms with Crippen LogP contribution in [0.25, 0.3) is 0 Å². The molecule has 0 saturated carbocycles. The maximum absolute atomic E-state index is 13.4. The van der Waals surface area contributed by atoms with Gasteiger partial charge in [0.15, 0.2) is 11.4 Å². The fraction of sp³-hybridized carbons (Fsp3) is 0.200. The Kier molecular flexibility index (Phi) is 5.22. The van der Waals surface area contributed by atoms with Crippen LogP contribution in [0.5, 0.6) is 0 Å². The molecular formula is C25H22ClNO3. The van der Waals surface area contributed by atoms with Crippen LogP contribution in [-0.2, 0) is 16.9 Å². The number of amides is 1. The van der Waals surface area contributed by atoms with Gasteiger partial charge in [0, 0.05) is 16.1 Å². The van der Waals surface area contributed by atoms with E-state index in [0.29, 0.717) is 21.8 Å². The summed E-state index contributed by atoms with van der Waals surface area (Å²) >= 11 is 5.96. The Morgan fingerprint density at radius 3 is 2.43 bits per heavy atom. The lowest BCUT2D eigenvalue weighted by atomic mass is 9.87. The number of halogens is 1. The summed E-state index contributed by atoms with van der Waals surface area (Å²) < 4.78 is 0. The van der Waals surface area contributed by atoms with E-state index in [-0.39, 0.29) is 18.7 Å². The Bertz CT molecular complexity index is 1140. The number of Topliss-reactive ketones (excluding diaryl/α,β-unsaturated/α-hetero) is 1. The zero-order valence-corrected chi connectivity index (χ0v) is 17.6. The predicted molar refractivity (Wildman–Crippen MR) is 118 cm³/mol. The molecule has 5 heteroatoms. The smallest absolute Gasteiger partial charge is 0.264 e. The second-order valence-corrected chi connectivity index (χ2v) is 8.25. The number of rotatable bonds is 5. The molecule has 1 aliphatic rings. The van der Waals surface area contributed by atoms with Crippen LogP contribution in [0.1, 0.15) is 39.0 Å². The zero-order chi connectivity index (χ0) is 21.5.